The first-order valence-corrected chi connectivity index (χ1v) is 11.6. The summed E-state index contributed by atoms with van der Waals surface area (Å²) in [6.07, 6.45) is 1.86. The SMILES string of the molecule is COc1ccc(-n2nc(C(N)=O)c3c2C(=O)N(c2ccc(N4CCCC4=O)c(C)c2)CC3)cc1C. The Morgan fingerprint density at radius 3 is 2.34 bits per heavy atom. The van der Waals surface area contributed by atoms with Crippen molar-refractivity contribution in [2.45, 2.75) is 33.1 Å². The number of nitrogens with zero attached hydrogens (tertiary/aromatic N) is 4. The van der Waals surface area contributed by atoms with Gasteiger partial charge in [-0.25, -0.2) is 4.68 Å². The molecule has 180 valence electrons. The number of fused-ring (bicyclic) bond motifs is 1. The van der Waals surface area contributed by atoms with E-state index in [2.05, 4.69) is 5.10 Å². The molecular formula is C26H27N5O4. The van der Waals surface area contributed by atoms with Crippen LogP contribution in [-0.4, -0.2) is 47.7 Å². The highest BCUT2D eigenvalue weighted by Crippen LogP contribution is 2.33. The highest BCUT2D eigenvalue weighted by Gasteiger charge is 2.35. The van der Waals surface area contributed by atoms with Gasteiger partial charge in [-0.15, -0.1) is 0 Å². The number of hydrogen-bond acceptors (Lipinski definition) is 5. The van der Waals surface area contributed by atoms with Crippen LogP contribution in [0.4, 0.5) is 11.4 Å². The van der Waals surface area contributed by atoms with E-state index in [0.29, 0.717) is 48.6 Å². The molecule has 2 aliphatic rings. The Morgan fingerprint density at radius 1 is 0.971 bits per heavy atom. The molecule has 2 aliphatic heterocycles. The van der Waals surface area contributed by atoms with Crippen LogP contribution < -0.4 is 20.3 Å². The Morgan fingerprint density at radius 2 is 1.71 bits per heavy atom. The first-order valence-electron chi connectivity index (χ1n) is 11.6. The summed E-state index contributed by atoms with van der Waals surface area (Å²) < 4.78 is 6.85. The average molecular weight is 474 g/mol. The van der Waals surface area contributed by atoms with E-state index in [1.807, 2.05) is 38.1 Å². The maximum absolute atomic E-state index is 13.8. The molecule has 0 bridgehead atoms. The second-order valence-corrected chi connectivity index (χ2v) is 8.93. The van der Waals surface area contributed by atoms with Crippen LogP contribution in [-0.2, 0) is 11.2 Å². The summed E-state index contributed by atoms with van der Waals surface area (Å²) in [5.41, 5.74) is 10.6. The van der Waals surface area contributed by atoms with E-state index >= 15 is 0 Å². The fraction of sp³-hybridized carbons (Fsp3) is 0.308. The Hall–Kier alpha value is -4.14. The van der Waals surface area contributed by atoms with Gasteiger partial charge in [-0.2, -0.15) is 5.10 Å². The molecule has 1 saturated heterocycles. The highest BCUT2D eigenvalue weighted by atomic mass is 16.5. The second kappa shape index (κ2) is 8.57. The highest BCUT2D eigenvalue weighted by molar-refractivity contribution is 6.09. The Bertz CT molecular complexity index is 1380. The molecule has 3 aromatic rings. The van der Waals surface area contributed by atoms with Crippen LogP contribution in [0.1, 0.15) is 50.5 Å². The number of hydrogen-bond donors (Lipinski definition) is 1. The number of primary amides is 1. The molecule has 9 heteroatoms. The van der Waals surface area contributed by atoms with E-state index in [1.165, 1.54) is 4.68 Å². The van der Waals surface area contributed by atoms with E-state index < -0.39 is 5.91 Å². The fourth-order valence-electron chi connectivity index (χ4n) is 5.00. The van der Waals surface area contributed by atoms with Gasteiger partial charge >= 0.3 is 0 Å². The molecule has 0 unspecified atom stereocenters. The zero-order chi connectivity index (χ0) is 24.9. The maximum Gasteiger partial charge on any atom is 0.277 e. The van der Waals surface area contributed by atoms with E-state index in [0.717, 1.165) is 28.9 Å². The molecular weight excluding hydrogens is 446 g/mol. The number of rotatable bonds is 5. The van der Waals surface area contributed by atoms with Crippen molar-refractivity contribution in [3.63, 3.8) is 0 Å². The Kier molecular flexibility index (Phi) is 5.55. The summed E-state index contributed by atoms with van der Waals surface area (Å²) in [4.78, 5) is 41.6. The third-order valence-electron chi connectivity index (χ3n) is 6.73. The summed E-state index contributed by atoms with van der Waals surface area (Å²) in [5.74, 6) is -0.0896. The van der Waals surface area contributed by atoms with Crippen LogP contribution in [0.3, 0.4) is 0 Å². The normalized spacial score (nSPS) is 15.5. The number of nitrogens with two attached hydrogens (primary N) is 1. The average Bonchev–Trinajstić information content (AvgIpc) is 3.43. The van der Waals surface area contributed by atoms with E-state index in [9.17, 15) is 14.4 Å². The van der Waals surface area contributed by atoms with Gasteiger partial charge in [-0.05, 0) is 74.2 Å². The molecule has 2 aromatic carbocycles. The smallest absolute Gasteiger partial charge is 0.277 e. The predicted molar refractivity (Wildman–Crippen MR) is 132 cm³/mol. The molecule has 0 aliphatic carbocycles. The molecule has 5 rings (SSSR count). The number of aryl methyl sites for hydroxylation is 2. The van der Waals surface area contributed by atoms with Crippen LogP contribution in [0.25, 0.3) is 5.69 Å². The molecule has 1 fully saturated rings. The number of aromatic nitrogens is 2. The number of ether oxygens (including phenoxy) is 1. The van der Waals surface area contributed by atoms with Crippen molar-refractivity contribution >= 4 is 29.1 Å². The molecule has 0 spiro atoms. The molecule has 0 saturated carbocycles. The number of carbonyl (C=O) groups is 3. The van der Waals surface area contributed by atoms with Crippen molar-refractivity contribution in [1.29, 1.82) is 0 Å². The third kappa shape index (κ3) is 3.73. The van der Waals surface area contributed by atoms with Crippen molar-refractivity contribution < 1.29 is 19.1 Å². The van der Waals surface area contributed by atoms with Gasteiger partial charge in [0.05, 0.1) is 12.8 Å². The fourth-order valence-corrected chi connectivity index (χ4v) is 5.00. The van der Waals surface area contributed by atoms with Crippen molar-refractivity contribution in [1.82, 2.24) is 9.78 Å². The lowest BCUT2D eigenvalue weighted by Crippen LogP contribution is -2.39. The monoisotopic (exact) mass is 473 g/mol. The van der Waals surface area contributed by atoms with Gasteiger partial charge in [0.2, 0.25) is 5.91 Å². The molecule has 3 amide bonds. The molecule has 2 N–H and O–H groups in total. The van der Waals surface area contributed by atoms with Gasteiger partial charge in [0.1, 0.15) is 11.4 Å². The van der Waals surface area contributed by atoms with Crippen molar-refractivity contribution in [3.8, 4) is 11.4 Å². The summed E-state index contributed by atoms with van der Waals surface area (Å²) in [7, 11) is 1.59. The summed E-state index contributed by atoms with van der Waals surface area (Å²) >= 11 is 0. The molecule has 1 aromatic heterocycles. The third-order valence-corrected chi connectivity index (χ3v) is 6.73. The quantitative estimate of drug-likeness (QED) is 0.613. The number of carbonyl (C=O) groups excluding carboxylic acids is 3. The minimum atomic E-state index is -0.665. The van der Waals surface area contributed by atoms with Crippen LogP contribution >= 0.6 is 0 Å². The predicted octanol–water partition coefficient (Wildman–Crippen LogP) is 2.93. The van der Waals surface area contributed by atoms with Gasteiger partial charge in [0, 0.05) is 36.4 Å². The molecule has 3 heterocycles. The lowest BCUT2D eigenvalue weighted by molar-refractivity contribution is -0.117. The van der Waals surface area contributed by atoms with E-state index in [4.69, 9.17) is 10.5 Å². The largest absolute Gasteiger partial charge is 0.496 e. The van der Waals surface area contributed by atoms with Gasteiger partial charge in [-0.1, -0.05) is 0 Å². The first-order chi connectivity index (χ1) is 16.8. The van der Waals surface area contributed by atoms with Crippen molar-refractivity contribution in [2.24, 2.45) is 5.73 Å². The van der Waals surface area contributed by atoms with Gasteiger partial charge < -0.3 is 20.3 Å². The minimum absolute atomic E-state index is 0.112. The summed E-state index contributed by atoms with van der Waals surface area (Å²) in [6, 6.07) is 11.1. The van der Waals surface area contributed by atoms with Gasteiger partial charge in [-0.3, -0.25) is 14.4 Å². The summed E-state index contributed by atoms with van der Waals surface area (Å²) in [6.45, 7) is 4.94. The molecule has 35 heavy (non-hydrogen) atoms. The molecule has 0 atom stereocenters. The van der Waals surface area contributed by atoms with E-state index in [-0.39, 0.29) is 17.5 Å². The van der Waals surface area contributed by atoms with Crippen molar-refractivity contribution in [2.75, 3.05) is 30.0 Å². The van der Waals surface area contributed by atoms with Crippen molar-refractivity contribution in [3.05, 3.63) is 64.5 Å². The second-order valence-electron chi connectivity index (χ2n) is 8.93. The number of amides is 3. The van der Waals surface area contributed by atoms with Gasteiger partial charge in [0.15, 0.2) is 5.69 Å². The summed E-state index contributed by atoms with van der Waals surface area (Å²) in [5, 5.41) is 4.44. The number of methoxy groups -OCH3 is 1. The zero-order valence-electron chi connectivity index (χ0n) is 20.0. The lowest BCUT2D eigenvalue weighted by Gasteiger charge is -2.29. The number of anilines is 2. The van der Waals surface area contributed by atoms with E-state index in [1.54, 1.807) is 29.0 Å². The van der Waals surface area contributed by atoms with Crippen LogP contribution in [0, 0.1) is 13.8 Å². The van der Waals surface area contributed by atoms with Crippen LogP contribution in [0.5, 0.6) is 5.75 Å². The minimum Gasteiger partial charge on any atom is -0.496 e. The Labute approximate surface area is 203 Å². The first kappa shape index (κ1) is 22.6. The van der Waals surface area contributed by atoms with Crippen LogP contribution in [0.15, 0.2) is 36.4 Å². The van der Waals surface area contributed by atoms with Gasteiger partial charge in [0.25, 0.3) is 11.8 Å². The topological polar surface area (TPSA) is 111 Å². The Balaban J connectivity index is 1.55. The van der Waals surface area contributed by atoms with Crippen LogP contribution in [0.2, 0.25) is 0 Å². The molecule has 9 nitrogen and oxygen atoms in total. The number of benzene rings is 2. The lowest BCUT2D eigenvalue weighted by atomic mass is 10.0. The molecule has 0 radical (unpaired) electrons. The standard InChI is InChI=1S/C26H27N5O4/c1-15-13-17(6-8-20(15)30-11-4-5-22(30)32)29-12-10-19-23(25(27)33)28-31(24(19)26(29)34)18-7-9-21(35-3)16(2)14-18/h6-9,13-14H,4-5,10-12H2,1-3H3,(H2,27,33). The maximum atomic E-state index is 13.8. The zero-order valence-corrected chi connectivity index (χ0v) is 20.0.